The van der Waals surface area contributed by atoms with Gasteiger partial charge in [-0.05, 0) is 12.1 Å². The predicted octanol–water partition coefficient (Wildman–Crippen LogP) is 3.54. The highest BCUT2D eigenvalue weighted by atomic mass is 15.4. The summed E-state index contributed by atoms with van der Waals surface area (Å²) >= 11 is 0. The fraction of sp³-hybridized carbons (Fsp3) is 0.0556. The molecule has 0 saturated heterocycles. The van der Waals surface area contributed by atoms with E-state index in [1.165, 1.54) is 0 Å². The van der Waals surface area contributed by atoms with Gasteiger partial charge >= 0.3 is 0 Å². The molecule has 0 aliphatic rings. The SMILES string of the molecule is c1ccc(-c2cn(Cc3ccc4ccccc4n3)nn2)cc1. The Kier molecular flexibility index (Phi) is 3.12. The Morgan fingerprint density at radius 3 is 2.55 bits per heavy atom. The van der Waals surface area contributed by atoms with Crippen molar-refractivity contribution >= 4 is 10.9 Å². The highest BCUT2D eigenvalue weighted by molar-refractivity contribution is 5.78. The highest BCUT2D eigenvalue weighted by Crippen LogP contribution is 2.16. The van der Waals surface area contributed by atoms with Crippen LogP contribution in [0.3, 0.4) is 0 Å². The third kappa shape index (κ3) is 2.46. The largest absolute Gasteiger partial charge is 0.251 e. The number of fused-ring (bicyclic) bond motifs is 1. The van der Waals surface area contributed by atoms with Gasteiger partial charge in [0.1, 0.15) is 5.69 Å². The zero-order chi connectivity index (χ0) is 14.8. The van der Waals surface area contributed by atoms with Crippen LogP contribution in [0.1, 0.15) is 5.69 Å². The Hall–Kier alpha value is -3.01. The highest BCUT2D eigenvalue weighted by Gasteiger charge is 2.05. The van der Waals surface area contributed by atoms with Crippen LogP contribution in [0.4, 0.5) is 0 Å². The molecule has 0 N–H and O–H groups in total. The summed E-state index contributed by atoms with van der Waals surface area (Å²) in [6, 6.07) is 22.3. The van der Waals surface area contributed by atoms with Crippen molar-refractivity contribution in [2.24, 2.45) is 0 Å². The van der Waals surface area contributed by atoms with Crippen LogP contribution in [-0.4, -0.2) is 20.0 Å². The Balaban J connectivity index is 1.61. The maximum atomic E-state index is 4.66. The molecule has 0 fully saturated rings. The van der Waals surface area contributed by atoms with Crippen molar-refractivity contribution in [2.75, 3.05) is 0 Å². The molecule has 0 radical (unpaired) electrons. The number of para-hydroxylation sites is 1. The number of pyridine rings is 1. The van der Waals surface area contributed by atoms with Crippen molar-refractivity contribution in [1.82, 2.24) is 20.0 Å². The van der Waals surface area contributed by atoms with E-state index >= 15 is 0 Å². The molecule has 0 atom stereocenters. The van der Waals surface area contributed by atoms with Gasteiger partial charge in [-0.15, -0.1) is 5.10 Å². The fourth-order valence-corrected chi connectivity index (χ4v) is 2.48. The summed E-state index contributed by atoms with van der Waals surface area (Å²) in [5, 5.41) is 9.57. The maximum Gasteiger partial charge on any atom is 0.113 e. The lowest BCUT2D eigenvalue weighted by molar-refractivity contribution is 0.640. The Morgan fingerprint density at radius 2 is 1.64 bits per heavy atom. The van der Waals surface area contributed by atoms with Gasteiger partial charge in [0.05, 0.1) is 24.0 Å². The summed E-state index contributed by atoms with van der Waals surface area (Å²) in [6.07, 6.45) is 1.95. The Bertz CT molecular complexity index is 912. The molecule has 0 spiro atoms. The van der Waals surface area contributed by atoms with E-state index in [0.29, 0.717) is 6.54 Å². The summed E-state index contributed by atoms with van der Waals surface area (Å²) in [7, 11) is 0. The molecule has 0 bridgehead atoms. The minimum atomic E-state index is 0.616. The summed E-state index contributed by atoms with van der Waals surface area (Å²) in [5.41, 5.74) is 3.92. The second-order valence-corrected chi connectivity index (χ2v) is 5.16. The second kappa shape index (κ2) is 5.41. The van der Waals surface area contributed by atoms with Crippen LogP contribution in [-0.2, 0) is 6.54 Å². The molecule has 2 heterocycles. The van der Waals surface area contributed by atoms with Crippen LogP contribution in [0.15, 0.2) is 72.9 Å². The van der Waals surface area contributed by atoms with E-state index in [2.05, 4.69) is 27.4 Å². The van der Waals surface area contributed by atoms with E-state index < -0.39 is 0 Å². The molecule has 4 rings (SSSR count). The number of rotatable bonds is 3. The fourth-order valence-electron chi connectivity index (χ4n) is 2.48. The first-order valence-electron chi connectivity index (χ1n) is 7.19. The lowest BCUT2D eigenvalue weighted by Gasteiger charge is -2.02. The first-order chi connectivity index (χ1) is 10.9. The maximum absolute atomic E-state index is 4.66. The molecule has 106 valence electrons. The average molecular weight is 286 g/mol. The molecule has 0 saturated carbocycles. The number of hydrogen-bond donors (Lipinski definition) is 0. The molecule has 4 nitrogen and oxygen atoms in total. The van der Waals surface area contributed by atoms with Gasteiger partial charge in [-0.25, -0.2) is 4.68 Å². The number of aromatic nitrogens is 4. The number of benzene rings is 2. The van der Waals surface area contributed by atoms with E-state index in [9.17, 15) is 0 Å². The van der Waals surface area contributed by atoms with Crippen LogP contribution in [0, 0.1) is 0 Å². The molecule has 0 aliphatic heterocycles. The molecule has 0 amide bonds. The Morgan fingerprint density at radius 1 is 0.818 bits per heavy atom. The normalized spacial score (nSPS) is 10.9. The van der Waals surface area contributed by atoms with Crippen LogP contribution in [0.2, 0.25) is 0 Å². The molecule has 4 heteroatoms. The first kappa shape index (κ1) is 12.7. The van der Waals surface area contributed by atoms with Crippen molar-refractivity contribution in [3.8, 4) is 11.3 Å². The quantitative estimate of drug-likeness (QED) is 0.578. The van der Waals surface area contributed by atoms with Gasteiger partial charge in [0, 0.05) is 10.9 Å². The van der Waals surface area contributed by atoms with Crippen molar-refractivity contribution in [3.05, 3.63) is 78.6 Å². The summed E-state index contributed by atoms with van der Waals surface area (Å²) in [6.45, 7) is 0.616. The van der Waals surface area contributed by atoms with E-state index in [1.807, 2.05) is 65.5 Å². The van der Waals surface area contributed by atoms with E-state index in [4.69, 9.17) is 0 Å². The zero-order valence-electron chi connectivity index (χ0n) is 11.9. The number of nitrogens with zero attached hydrogens (tertiary/aromatic N) is 4. The topological polar surface area (TPSA) is 43.6 Å². The summed E-state index contributed by atoms with van der Waals surface area (Å²) < 4.78 is 1.82. The lowest BCUT2D eigenvalue weighted by Crippen LogP contribution is -2.02. The smallest absolute Gasteiger partial charge is 0.113 e. The van der Waals surface area contributed by atoms with Gasteiger partial charge in [-0.1, -0.05) is 59.8 Å². The third-order valence-corrected chi connectivity index (χ3v) is 3.59. The zero-order valence-corrected chi connectivity index (χ0v) is 11.9. The standard InChI is InChI=1S/C18H14N4/c1-2-6-14(7-3-1)18-13-22(21-20-18)12-16-11-10-15-8-4-5-9-17(15)19-16/h1-11,13H,12H2. The molecule has 2 aromatic heterocycles. The van der Waals surface area contributed by atoms with Crippen molar-refractivity contribution in [2.45, 2.75) is 6.54 Å². The van der Waals surface area contributed by atoms with Gasteiger partial charge < -0.3 is 0 Å². The van der Waals surface area contributed by atoms with Crippen LogP contribution < -0.4 is 0 Å². The van der Waals surface area contributed by atoms with Crippen LogP contribution in [0.25, 0.3) is 22.2 Å². The van der Waals surface area contributed by atoms with E-state index in [-0.39, 0.29) is 0 Å². The van der Waals surface area contributed by atoms with E-state index in [0.717, 1.165) is 27.9 Å². The summed E-state index contributed by atoms with van der Waals surface area (Å²) in [5.74, 6) is 0. The van der Waals surface area contributed by atoms with Gasteiger partial charge in [0.2, 0.25) is 0 Å². The van der Waals surface area contributed by atoms with Crippen molar-refractivity contribution < 1.29 is 0 Å². The second-order valence-electron chi connectivity index (χ2n) is 5.16. The molecule has 22 heavy (non-hydrogen) atoms. The molecular weight excluding hydrogens is 272 g/mol. The van der Waals surface area contributed by atoms with Gasteiger partial charge in [-0.3, -0.25) is 4.98 Å². The number of hydrogen-bond acceptors (Lipinski definition) is 3. The van der Waals surface area contributed by atoms with Crippen molar-refractivity contribution in [3.63, 3.8) is 0 Å². The monoisotopic (exact) mass is 286 g/mol. The minimum Gasteiger partial charge on any atom is -0.251 e. The van der Waals surface area contributed by atoms with Gasteiger partial charge in [0.25, 0.3) is 0 Å². The van der Waals surface area contributed by atoms with Crippen LogP contribution in [0.5, 0.6) is 0 Å². The van der Waals surface area contributed by atoms with Crippen molar-refractivity contribution in [1.29, 1.82) is 0 Å². The molecule has 0 aliphatic carbocycles. The Labute approximate surface area is 128 Å². The van der Waals surface area contributed by atoms with E-state index in [1.54, 1.807) is 0 Å². The molecular formula is C18H14N4. The molecule has 0 unspecified atom stereocenters. The predicted molar refractivity (Wildman–Crippen MR) is 86.3 cm³/mol. The minimum absolute atomic E-state index is 0.616. The summed E-state index contributed by atoms with van der Waals surface area (Å²) in [4.78, 5) is 4.66. The average Bonchev–Trinajstić information content (AvgIpc) is 3.04. The third-order valence-electron chi connectivity index (χ3n) is 3.59. The molecule has 4 aromatic rings. The van der Waals surface area contributed by atoms with Gasteiger partial charge in [-0.2, -0.15) is 0 Å². The van der Waals surface area contributed by atoms with Crippen LogP contribution >= 0.6 is 0 Å². The molecule has 2 aromatic carbocycles. The lowest BCUT2D eigenvalue weighted by atomic mass is 10.2. The first-order valence-corrected chi connectivity index (χ1v) is 7.19. The van der Waals surface area contributed by atoms with Gasteiger partial charge in [0.15, 0.2) is 0 Å².